The minimum atomic E-state index is -0.668. The fourth-order valence-corrected chi connectivity index (χ4v) is 1.38. The van der Waals surface area contributed by atoms with Gasteiger partial charge in [-0.1, -0.05) is 26.2 Å². The van der Waals surface area contributed by atoms with Crippen LogP contribution in [-0.2, 0) is 4.74 Å². The summed E-state index contributed by atoms with van der Waals surface area (Å²) in [6.45, 7) is 2.44. The van der Waals surface area contributed by atoms with Gasteiger partial charge in [0.15, 0.2) is 5.76 Å². The maximum Gasteiger partial charge on any atom is 0.433 e. The molecule has 0 bridgehead atoms. The van der Waals surface area contributed by atoms with Gasteiger partial charge in [0.1, 0.15) is 4.92 Å². The fraction of sp³-hybridized carbons (Fsp3) is 0.500. The number of nitrogens with zero attached hydrogens (tertiary/aromatic N) is 2. The number of nitrogens with one attached hydrogen (secondary N) is 1. The molecule has 0 fully saturated rings. The van der Waals surface area contributed by atoms with E-state index in [0.717, 1.165) is 31.9 Å². The maximum atomic E-state index is 11.2. The summed E-state index contributed by atoms with van der Waals surface area (Å²) >= 11 is 0. The van der Waals surface area contributed by atoms with Crippen LogP contribution in [0.4, 0.5) is 10.7 Å². The van der Waals surface area contributed by atoms with Crippen molar-refractivity contribution < 1.29 is 18.9 Å². The molecule has 0 spiro atoms. The number of unbranched alkanes of at least 4 members (excludes halogenated alkanes) is 3. The molecule has 8 heteroatoms. The summed E-state index contributed by atoms with van der Waals surface area (Å²) < 4.78 is 9.68. The Balaban J connectivity index is 2.22. The van der Waals surface area contributed by atoms with Crippen molar-refractivity contribution in [1.82, 2.24) is 5.43 Å². The monoisotopic (exact) mass is 283 g/mol. The van der Waals surface area contributed by atoms with Crippen molar-refractivity contribution in [2.45, 2.75) is 32.6 Å². The van der Waals surface area contributed by atoms with Gasteiger partial charge in [-0.2, -0.15) is 5.10 Å². The summed E-state index contributed by atoms with van der Waals surface area (Å²) in [6.07, 6.45) is 4.55. The van der Waals surface area contributed by atoms with Crippen molar-refractivity contribution in [2.24, 2.45) is 5.10 Å². The summed E-state index contributed by atoms with van der Waals surface area (Å²) in [5.41, 5.74) is 2.14. The highest BCUT2D eigenvalue weighted by atomic mass is 16.6. The lowest BCUT2D eigenvalue weighted by Gasteiger charge is -2.02. The molecule has 1 N–H and O–H groups in total. The first kappa shape index (κ1) is 15.7. The highest BCUT2D eigenvalue weighted by molar-refractivity contribution is 5.78. The van der Waals surface area contributed by atoms with Gasteiger partial charge in [-0.05, 0) is 12.5 Å². The van der Waals surface area contributed by atoms with Gasteiger partial charge in [-0.3, -0.25) is 10.1 Å². The molecule has 0 aliphatic carbocycles. The first-order chi connectivity index (χ1) is 9.63. The van der Waals surface area contributed by atoms with Gasteiger partial charge >= 0.3 is 12.0 Å². The highest BCUT2D eigenvalue weighted by Gasteiger charge is 2.10. The second-order valence-corrected chi connectivity index (χ2v) is 4.00. The third kappa shape index (κ3) is 5.98. The number of rotatable bonds is 8. The van der Waals surface area contributed by atoms with E-state index in [4.69, 9.17) is 9.15 Å². The summed E-state index contributed by atoms with van der Waals surface area (Å²) in [6, 6.07) is 2.58. The van der Waals surface area contributed by atoms with Crippen LogP contribution in [0.3, 0.4) is 0 Å². The first-order valence-electron chi connectivity index (χ1n) is 6.33. The quantitative estimate of drug-likeness (QED) is 0.341. The Morgan fingerprint density at radius 3 is 2.95 bits per heavy atom. The summed E-state index contributed by atoms with van der Waals surface area (Å²) in [5.74, 6) is -0.218. The molecule has 1 amide bonds. The molecule has 1 rings (SSSR count). The first-order valence-corrected chi connectivity index (χ1v) is 6.33. The minimum Gasteiger partial charge on any atom is -0.448 e. The predicted molar refractivity (Wildman–Crippen MR) is 71.6 cm³/mol. The smallest absolute Gasteiger partial charge is 0.433 e. The van der Waals surface area contributed by atoms with Crippen molar-refractivity contribution >= 4 is 18.2 Å². The van der Waals surface area contributed by atoms with Gasteiger partial charge in [0.25, 0.3) is 0 Å². The third-order valence-corrected chi connectivity index (χ3v) is 2.37. The zero-order valence-corrected chi connectivity index (χ0v) is 11.2. The van der Waals surface area contributed by atoms with Crippen LogP contribution < -0.4 is 5.43 Å². The number of hydrogen-bond acceptors (Lipinski definition) is 6. The number of ether oxygens (including phenoxy) is 1. The van der Waals surface area contributed by atoms with Crippen molar-refractivity contribution in [3.05, 3.63) is 28.0 Å². The molecule has 1 heterocycles. The summed E-state index contributed by atoms with van der Waals surface area (Å²) in [7, 11) is 0. The molecule has 1 aromatic heterocycles. The lowest BCUT2D eigenvalue weighted by atomic mass is 10.2. The van der Waals surface area contributed by atoms with E-state index in [1.54, 1.807) is 0 Å². The molecular formula is C12H17N3O5. The predicted octanol–water partition coefficient (Wildman–Crippen LogP) is 2.83. The normalized spacial score (nSPS) is 10.7. The number of hydrazone groups is 1. The Labute approximate surface area is 115 Å². The largest absolute Gasteiger partial charge is 0.448 e. The summed E-state index contributed by atoms with van der Waals surface area (Å²) in [5, 5.41) is 13.9. The molecule has 8 nitrogen and oxygen atoms in total. The number of nitro groups is 1. The average molecular weight is 283 g/mol. The number of hydrogen-bond donors (Lipinski definition) is 1. The molecule has 0 atom stereocenters. The second-order valence-electron chi connectivity index (χ2n) is 4.00. The molecule has 0 aliphatic rings. The van der Waals surface area contributed by atoms with Gasteiger partial charge in [-0.15, -0.1) is 0 Å². The summed E-state index contributed by atoms with van der Waals surface area (Å²) in [4.78, 5) is 20.9. The maximum absolute atomic E-state index is 11.2. The zero-order chi connectivity index (χ0) is 14.8. The number of amides is 1. The van der Waals surface area contributed by atoms with E-state index < -0.39 is 11.0 Å². The minimum absolute atomic E-state index is 0.167. The SMILES string of the molecule is CCCCCCOC(=O)N/N=C/c1ccc([N+](=O)[O-])o1. The third-order valence-electron chi connectivity index (χ3n) is 2.37. The van der Waals surface area contributed by atoms with Crippen LogP contribution >= 0.6 is 0 Å². The standard InChI is InChI=1S/C12H17N3O5/c1-2-3-4-5-8-19-12(16)14-13-9-10-6-7-11(20-10)15(17)18/h6-7,9H,2-5,8H2,1H3,(H,14,16)/b13-9+. The Kier molecular flexibility index (Phi) is 6.80. The van der Waals surface area contributed by atoms with Crippen molar-refractivity contribution in [2.75, 3.05) is 6.61 Å². The van der Waals surface area contributed by atoms with Crippen molar-refractivity contribution in [1.29, 1.82) is 0 Å². The van der Waals surface area contributed by atoms with E-state index in [1.807, 2.05) is 0 Å². The van der Waals surface area contributed by atoms with E-state index in [-0.39, 0.29) is 11.6 Å². The van der Waals surface area contributed by atoms with E-state index in [2.05, 4.69) is 17.5 Å². The zero-order valence-electron chi connectivity index (χ0n) is 11.2. The molecule has 0 unspecified atom stereocenters. The Bertz CT molecular complexity index is 469. The number of carbonyl (C=O) groups excluding carboxylic acids is 1. The lowest BCUT2D eigenvalue weighted by Crippen LogP contribution is -2.19. The fourth-order valence-electron chi connectivity index (χ4n) is 1.38. The van der Waals surface area contributed by atoms with Crippen LogP contribution in [-0.4, -0.2) is 23.8 Å². The molecule has 0 radical (unpaired) electrons. The van der Waals surface area contributed by atoms with Gasteiger partial charge < -0.3 is 9.15 Å². The Morgan fingerprint density at radius 2 is 2.30 bits per heavy atom. The highest BCUT2D eigenvalue weighted by Crippen LogP contribution is 2.13. The molecule has 0 saturated carbocycles. The van der Waals surface area contributed by atoms with Crippen LogP contribution in [0.5, 0.6) is 0 Å². The molecule has 0 aromatic carbocycles. The lowest BCUT2D eigenvalue weighted by molar-refractivity contribution is -0.402. The van der Waals surface area contributed by atoms with Gasteiger partial charge in [0.05, 0.1) is 18.9 Å². The van der Waals surface area contributed by atoms with Crippen LogP contribution in [0.25, 0.3) is 0 Å². The Hall–Kier alpha value is -2.38. The van der Waals surface area contributed by atoms with Crippen molar-refractivity contribution in [3.8, 4) is 0 Å². The van der Waals surface area contributed by atoms with E-state index in [0.29, 0.717) is 6.61 Å². The topological polar surface area (TPSA) is 107 Å². The van der Waals surface area contributed by atoms with Crippen LogP contribution in [0.2, 0.25) is 0 Å². The Morgan fingerprint density at radius 1 is 1.50 bits per heavy atom. The van der Waals surface area contributed by atoms with Crippen LogP contribution in [0.15, 0.2) is 21.7 Å². The molecular weight excluding hydrogens is 266 g/mol. The van der Waals surface area contributed by atoms with E-state index >= 15 is 0 Å². The molecule has 0 aliphatic heterocycles. The molecule has 20 heavy (non-hydrogen) atoms. The second kappa shape index (κ2) is 8.68. The average Bonchev–Trinajstić information content (AvgIpc) is 2.87. The molecule has 110 valence electrons. The van der Waals surface area contributed by atoms with Gasteiger partial charge in [0.2, 0.25) is 0 Å². The van der Waals surface area contributed by atoms with Crippen molar-refractivity contribution in [3.63, 3.8) is 0 Å². The van der Waals surface area contributed by atoms with E-state index in [1.165, 1.54) is 12.1 Å². The van der Waals surface area contributed by atoms with Gasteiger partial charge in [-0.25, -0.2) is 10.2 Å². The van der Waals surface area contributed by atoms with E-state index in [9.17, 15) is 14.9 Å². The molecule has 0 saturated heterocycles. The number of carbonyl (C=O) groups is 1. The number of furan rings is 1. The van der Waals surface area contributed by atoms with Gasteiger partial charge in [0, 0.05) is 0 Å². The van der Waals surface area contributed by atoms with Crippen LogP contribution in [0.1, 0.15) is 38.4 Å². The van der Waals surface area contributed by atoms with Crippen LogP contribution in [0, 0.1) is 10.1 Å². The molecule has 1 aromatic rings.